The minimum atomic E-state index is -0.689. The number of aromatic hydroxyl groups is 2. The second kappa shape index (κ2) is 7.88. The quantitative estimate of drug-likeness (QED) is 0.726. The first kappa shape index (κ1) is 17.2. The predicted octanol–water partition coefficient (Wildman–Crippen LogP) is 3.80. The van der Waals surface area contributed by atoms with E-state index in [9.17, 15) is 15.3 Å². The smallest absolute Gasteiger partial charge is 0.119 e. The van der Waals surface area contributed by atoms with Gasteiger partial charge in [-0.25, -0.2) is 0 Å². The molecule has 0 aliphatic carbocycles. The molecule has 0 heterocycles. The minimum Gasteiger partial charge on any atom is -0.508 e. The first-order valence-corrected chi connectivity index (χ1v) is 7.82. The number of aliphatic hydroxyl groups is 1. The Morgan fingerprint density at radius 1 is 0.957 bits per heavy atom. The molecule has 0 spiro atoms. The number of methoxy groups -OCH3 is 1. The van der Waals surface area contributed by atoms with Crippen molar-refractivity contribution in [1.82, 2.24) is 0 Å². The molecule has 3 N–H and O–H groups in total. The van der Waals surface area contributed by atoms with Gasteiger partial charge in [0.25, 0.3) is 0 Å². The molecule has 0 aromatic heterocycles. The molecule has 2 aromatic rings. The molecule has 0 aliphatic rings. The summed E-state index contributed by atoms with van der Waals surface area (Å²) < 4.78 is 5.15. The SMILES string of the molecule is COc1ccc(C[C@H](C)CC[C@H](O)c2cc(O)cc(O)c2)cc1. The zero-order valence-corrected chi connectivity index (χ0v) is 13.6. The van der Waals surface area contributed by atoms with Crippen molar-refractivity contribution < 1.29 is 20.1 Å². The number of rotatable bonds is 7. The number of phenolic OH excluding ortho intramolecular Hbond substituents is 2. The predicted molar refractivity (Wildman–Crippen MR) is 89.8 cm³/mol. The van der Waals surface area contributed by atoms with Gasteiger partial charge in [-0.2, -0.15) is 0 Å². The molecule has 0 unspecified atom stereocenters. The highest BCUT2D eigenvalue weighted by Crippen LogP contribution is 2.28. The maximum atomic E-state index is 10.2. The van der Waals surface area contributed by atoms with Crippen LogP contribution in [-0.2, 0) is 6.42 Å². The van der Waals surface area contributed by atoms with Gasteiger partial charge in [-0.05, 0) is 60.6 Å². The lowest BCUT2D eigenvalue weighted by atomic mass is 9.93. The number of hydrogen-bond acceptors (Lipinski definition) is 4. The van der Waals surface area contributed by atoms with Crippen molar-refractivity contribution in [1.29, 1.82) is 0 Å². The van der Waals surface area contributed by atoms with Crippen molar-refractivity contribution in [3.8, 4) is 17.2 Å². The van der Waals surface area contributed by atoms with Crippen LogP contribution >= 0.6 is 0 Å². The fourth-order valence-corrected chi connectivity index (χ4v) is 2.69. The highest BCUT2D eigenvalue weighted by molar-refractivity contribution is 5.37. The molecule has 4 nitrogen and oxygen atoms in total. The van der Waals surface area contributed by atoms with E-state index in [1.807, 2.05) is 12.1 Å². The summed E-state index contributed by atoms with van der Waals surface area (Å²) in [6.07, 6.45) is 1.68. The van der Waals surface area contributed by atoms with Crippen LogP contribution in [0.15, 0.2) is 42.5 Å². The maximum Gasteiger partial charge on any atom is 0.119 e. The van der Waals surface area contributed by atoms with Gasteiger partial charge in [-0.15, -0.1) is 0 Å². The summed E-state index contributed by atoms with van der Waals surface area (Å²) in [4.78, 5) is 0. The molecule has 124 valence electrons. The normalized spacial score (nSPS) is 13.5. The third-order valence-electron chi connectivity index (χ3n) is 3.99. The molecular formula is C19H24O4. The molecule has 23 heavy (non-hydrogen) atoms. The molecule has 0 aliphatic heterocycles. The van der Waals surface area contributed by atoms with Gasteiger partial charge in [0, 0.05) is 6.07 Å². The number of benzene rings is 2. The number of hydrogen-bond donors (Lipinski definition) is 3. The Balaban J connectivity index is 1.86. The van der Waals surface area contributed by atoms with Gasteiger partial charge in [0.2, 0.25) is 0 Å². The van der Waals surface area contributed by atoms with Crippen molar-refractivity contribution in [2.24, 2.45) is 5.92 Å². The van der Waals surface area contributed by atoms with E-state index in [0.29, 0.717) is 17.9 Å². The number of aliphatic hydroxyl groups excluding tert-OH is 1. The molecule has 0 amide bonds. The lowest BCUT2D eigenvalue weighted by Crippen LogP contribution is -2.04. The summed E-state index contributed by atoms with van der Waals surface area (Å²) in [5, 5.41) is 29.2. The van der Waals surface area contributed by atoms with Gasteiger partial charge in [-0.1, -0.05) is 19.1 Å². The Bertz CT molecular complexity index is 602. The zero-order chi connectivity index (χ0) is 16.8. The van der Waals surface area contributed by atoms with E-state index in [1.54, 1.807) is 7.11 Å². The molecular weight excluding hydrogens is 292 g/mol. The Labute approximate surface area is 137 Å². The van der Waals surface area contributed by atoms with Crippen molar-refractivity contribution in [3.63, 3.8) is 0 Å². The van der Waals surface area contributed by atoms with Crippen molar-refractivity contribution in [3.05, 3.63) is 53.6 Å². The fourth-order valence-electron chi connectivity index (χ4n) is 2.69. The lowest BCUT2D eigenvalue weighted by Gasteiger charge is -2.16. The van der Waals surface area contributed by atoms with Crippen LogP contribution in [0.5, 0.6) is 17.2 Å². The summed E-state index contributed by atoms with van der Waals surface area (Å²) >= 11 is 0. The molecule has 2 rings (SSSR count). The molecule has 0 bridgehead atoms. The van der Waals surface area contributed by atoms with Crippen LogP contribution in [0, 0.1) is 5.92 Å². The van der Waals surface area contributed by atoms with Crippen LogP contribution < -0.4 is 4.74 Å². The Morgan fingerprint density at radius 3 is 2.13 bits per heavy atom. The van der Waals surface area contributed by atoms with Crippen LogP contribution in [0.1, 0.15) is 37.0 Å². The van der Waals surface area contributed by atoms with E-state index in [0.717, 1.165) is 18.6 Å². The van der Waals surface area contributed by atoms with E-state index >= 15 is 0 Å². The summed E-state index contributed by atoms with van der Waals surface area (Å²) in [5.41, 5.74) is 1.78. The zero-order valence-electron chi connectivity index (χ0n) is 13.6. The largest absolute Gasteiger partial charge is 0.508 e. The van der Waals surface area contributed by atoms with Crippen molar-refractivity contribution in [2.75, 3.05) is 7.11 Å². The second-order valence-electron chi connectivity index (χ2n) is 6.03. The third kappa shape index (κ3) is 5.18. The minimum absolute atomic E-state index is 0.0367. The molecule has 4 heteroatoms. The monoisotopic (exact) mass is 316 g/mol. The Kier molecular flexibility index (Phi) is 5.88. The molecule has 2 atom stereocenters. The van der Waals surface area contributed by atoms with Gasteiger partial charge >= 0.3 is 0 Å². The van der Waals surface area contributed by atoms with Gasteiger partial charge in [-0.3, -0.25) is 0 Å². The standard InChI is InChI=1S/C19H24O4/c1-13(9-14-4-6-18(23-2)7-5-14)3-8-19(22)15-10-16(20)12-17(21)11-15/h4-7,10-13,19-22H,3,8-9H2,1-2H3/t13-,19+/m1/s1. The summed E-state index contributed by atoms with van der Waals surface area (Å²) in [6.45, 7) is 2.15. The summed E-state index contributed by atoms with van der Waals surface area (Å²) in [6, 6.07) is 12.2. The number of ether oxygens (including phenoxy) is 1. The fraction of sp³-hybridized carbons (Fsp3) is 0.368. The molecule has 0 saturated carbocycles. The van der Waals surface area contributed by atoms with Crippen LogP contribution in [0.3, 0.4) is 0 Å². The van der Waals surface area contributed by atoms with Gasteiger partial charge in [0.15, 0.2) is 0 Å². The third-order valence-corrected chi connectivity index (χ3v) is 3.99. The Hall–Kier alpha value is -2.20. The van der Waals surface area contributed by atoms with Gasteiger partial charge in [0.1, 0.15) is 17.2 Å². The Morgan fingerprint density at radius 2 is 1.57 bits per heavy atom. The van der Waals surface area contributed by atoms with E-state index in [-0.39, 0.29) is 11.5 Å². The maximum absolute atomic E-state index is 10.2. The van der Waals surface area contributed by atoms with Crippen molar-refractivity contribution in [2.45, 2.75) is 32.3 Å². The van der Waals surface area contributed by atoms with E-state index < -0.39 is 6.10 Å². The molecule has 0 fully saturated rings. The first-order chi connectivity index (χ1) is 11.0. The molecule has 0 saturated heterocycles. The van der Waals surface area contributed by atoms with E-state index in [1.165, 1.54) is 23.8 Å². The van der Waals surface area contributed by atoms with Crippen LogP contribution in [0.4, 0.5) is 0 Å². The highest BCUT2D eigenvalue weighted by Gasteiger charge is 2.12. The van der Waals surface area contributed by atoms with E-state index in [4.69, 9.17) is 4.74 Å². The van der Waals surface area contributed by atoms with Gasteiger partial charge in [0.05, 0.1) is 13.2 Å². The summed E-state index contributed by atoms with van der Waals surface area (Å²) in [5.74, 6) is 1.19. The molecule has 2 aromatic carbocycles. The van der Waals surface area contributed by atoms with Crippen LogP contribution in [-0.4, -0.2) is 22.4 Å². The van der Waals surface area contributed by atoms with E-state index in [2.05, 4.69) is 19.1 Å². The van der Waals surface area contributed by atoms with Crippen molar-refractivity contribution >= 4 is 0 Å². The molecule has 0 radical (unpaired) electrons. The summed E-state index contributed by atoms with van der Waals surface area (Å²) in [7, 11) is 1.65. The lowest BCUT2D eigenvalue weighted by molar-refractivity contribution is 0.157. The highest BCUT2D eigenvalue weighted by atomic mass is 16.5. The second-order valence-corrected chi connectivity index (χ2v) is 6.03. The topological polar surface area (TPSA) is 69.9 Å². The first-order valence-electron chi connectivity index (χ1n) is 7.82. The van der Waals surface area contributed by atoms with Crippen LogP contribution in [0.2, 0.25) is 0 Å². The van der Waals surface area contributed by atoms with Crippen LogP contribution in [0.25, 0.3) is 0 Å². The van der Waals surface area contributed by atoms with Gasteiger partial charge < -0.3 is 20.1 Å². The average molecular weight is 316 g/mol. The average Bonchev–Trinajstić information content (AvgIpc) is 2.52. The number of phenols is 2.